The Balaban J connectivity index is 2.03. The van der Waals surface area contributed by atoms with Gasteiger partial charge in [0.05, 0.1) is 5.71 Å². The molecule has 1 aliphatic carbocycles. The average Bonchev–Trinajstić information content (AvgIpc) is 2.47. The molecule has 1 atom stereocenters. The summed E-state index contributed by atoms with van der Waals surface area (Å²) in [5, 5.41) is 13.7. The maximum atomic E-state index is 9.39. The molecular formula is C16H14ClNO. The highest BCUT2D eigenvalue weighted by molar-refractivity contribution is 6.30. The van der Waals surface area contributed by atoms with E-state index in [4.69, 9.17) is 11.6 Å². The van der Waals surface area contributed by atoms with Gasteiger partial charge in [-0.05, 0) is 36.1 Å². The van der Waals surface area contributed by atoms with Gasteiger partial charge >= 0.3 is 0 Å². The van der Waals surface area contributed by atoms with Crippen LogP contribution in [0.4, 0.5) is 0 Å². The molecule has 19 heavy (non-hydrogen) atoms. The van der Waals surface area contributed by atoms with Crippen LogP contribution in [0.15, 0.2) is 53.7 Å². The molecule has 96 valence electrons. The van der Waals surface area contributed by atoms with E-state index < -0.39 is 0 Å². The first-order valence-corrected chi connectivity index (χ1v) is 6.73. The second kappa shape index (κ2) is 5.06. The third-order valence-corrected chi connectivity index (χ3v) is 3.96. The van der Waals surface area contributed by atoms with Gasteiger partial charge in [-0.2, -0.15) is 0 Å². The topological polar surface area (TPSA) is 32.6 Å². The zero-order chi connectivity index (χ0) is 13.2. The molecule has 0 fully saturated rings. The van der Waals surface area contributed by atoms with Crippen molar-refractivity contribution in [2.45, 2.75) is 18.8 Å². The lowest BCUT2D eigenvalue weighted by atomic mass is 9.78. The summed E-state index contributed by atoms with van der Waals surface area (Å²) in [6.07, 6.45) is 1.96. The zero-order valence-electron chi connectivity index (χ0n) is 10.4. The van der Waals surface area contributed by atoms with Gasteiger partial charge < -0.3 is 5.21 Å². The maximum Gasteiger partial charge on any atom is 0.0945 e. The minimum atomic E-state index is 0.136. The third kappa shape index (κ3) is 2.24. The largest absolute Gasteiger partial charge is 0.411 e. The summed E-state index contributed by atoms with van der Waals surface area (Å²) in [6, 6.07) is 15.9. The van der Waals surface area contributed by atoms with Crippen molar-refractivity contribution in [2.24, 2.45) is 5.16 Å². The maximum absolute atomic E-state index is 9.39. The van der Waals surface area contributed by atoms with E-state index in [1.165, 1.54) is 5.56 Å². The summed E-state index contributed by atoms with van der Waals surface area (Å²) in [6.45, 7) is 0. The van der Waals surface area contributed by atoms with E-state index >= 15 is 0 Å². The normalized spacial score (nSPS) is 20.3. The molecule has 3 heteroatoms. The smallest absolute Gasteiger partial charge is 0.0945 e. The van der Waals surface area contributed by atoms with E-state index in [1.54, 1.807) is 0 Å². The Kier molecular flexibility index (Phi) is 3.26. The molecule has 0 heterocycles. The summed E-state index contributed by atoms with van der Waals surface area (Å²) in [5.41, 5.74) is 4.20. The van der Waals surface area contributed by atoms with Crippen LogP contribution in [-0.2, 0) is 6.42 Å². The van der Waals surface area contributed by atoms with Gasteiger partial charge in [-0.1, -0.05) is 53.2 Å². The van der Waals surface area contributed by atoms with Crippen LogP contribution >= 0.6 is 11.6 Å². The van der Waals surface area contributed by atoms with Crippen molar-refractivity contribution in [3.05, 3.63) is 70.2 Å². The Morgan fingerprint density at radius 3 is 2.53 bits per heavy atom. The first kappa shape index (κ1) is 12.2. The average molecular weight is 272 g/mol. The molecule has 1 aliphatic rings. The molecule has 2 aromatic rings. The summed E-state index contributed by atoms with van der Waals surface area (Å²) in [7, 11) is 0. The lowest BCUT2D eigenvalue weighted by Crippen LogP contribution is -2.21. The fraction of sp³-hybridized carbons (Fsp3) is 0.188. The van der Waals surface area contributed by atoms with Gasteiger partial charge in [-0.25, -0.2) is 0 Å². The number of hydrogen-bond donors (Lipinski definition) is 1. The lowest BCUT2D eigenvalue weighted by Gasteiger charge is -2.26. The van der Waals surface area contributed by atoms with Crippen molar-refractivity contribution in [2.75, 3.05) is 0 Å². The Labute approximate surface area is 117 Å². The van der Waals surface area contributed by atoms with E-state index in [1.807, 2.05) is 42.5 Å². The van der Waals surface area contributed by atoms with Gasteiger partial charge in [0.25, 0.3) is 0 Å². The molecule has 3 rings (SSSR count). The Morgan fingerprint density at radius 2 is 1.79 bits per heavy atom. The van der Waals surface area contributed by atoms with E-state index in [2.05, 4.69) is 11.2 Å². The van der Waals surface area contributed by atoms with Gasteiger partial charge in [-0.15, -0.1) is 0 Å². The molecule has 0 saturated carbocycles. The van der Waals surface area contributed by atoms with Crippen LogP contribution in [0.25, 0.3) is 0 Å². The molecule has 0 aromatic heterocycles. The summed E-state index contributed by atoms with van der Waals surface area (Å²) in [4.78, 5) is 0. The van der Waals surface area contributed by atoms with E-state index in [-0.39, 0.29) is 5.92 Å². The molecule has 2 nitrogen and oxygen atoms in total. The number of rotatable bonds is 1. The molecule has 1 N–H and O–H groups in total. The van der Waals surface area contributed by atoms with Crippen LogP contribution in [0.5, 0.6) is 0 Å². The van der Waals surface area contributed by atoms with E-state index in [0.717, 1.165) is 34.7 Å². The van der Waals surface area contributed by atoms with Crippen molar-refractivity contribution in [3.63, 3.8) is 0 Å². The Hall–Kier alpha value is -1.80. The molecule has 0 spiro atoms. The fourth-order valence-corrected chi connectivity index (χ4v) is 2.88. The van der Waals surface area contributed by atoms with Crippen molar-refractivity contribution >= 4 is 17.3 Å². The summed E-state index contributed by atoms with van der Waals surface area (Å²) in [5.74, 6) is 0.136. The molecule has 2 aromatic carbocycles. The van der Waals surface area contributed by atoms with Crippen molar-refractivity contribution in [1.29, 1.82) is 0 Å². The SMILES string of the molecule is O/N=C1/c2ccccc2CC[C@@H]1c1ccc(Cl)cc1. The Bertz CT molecular complexity index is 619. The van der Waals surface area contributed by atoms with Crippen LogP contribution in [0.1, 0.15) is 29.0 Å². The van der Waals surface area contributed by atoms with Crippen LogP contribution < -0.4 is 0 Å². The van der Waals surface area contributed by atoms with Crippen molar-refractivity contribution in [3.8, 4) is 0 Å². The number of fused-ring (bicyclic) bond motifs is 1. The number of halogens is 1. The highest BCUT2D eigenvalue weighted by atomic mass is 35.5. The standard InChI is InChI=1S/C16H14ClNO/c17-13-8-5-12(6-9-13)15-10-7-11-3-1-2-4-14(11)16(15)18-19/h1-6,8-9,15,19H,7,10H2/b18-16-/t15-/m1/s1. The van der Waals surface area contributed by atoms with Crippen LogP contribution in [0.2, 0.25) is 5.02 Å². The number of nitrogens with zero attached hydrogens (tertiary/aromatic N) is 1. The van der Waals surface area contributed by atoms with Gasteiger partial charge in [-0.3, -0.25) is 0 Å². The quantitative estimate of drug-likeness (QED) is 0.610. The zero-order valence-corrected chi connectivity index (χ0v) is 11.1. The lowest BCUT2D eigenvalue weighted by molar-refractivity contribution is 0.316. The molecule has 0 aliphatic heterocycles. The molecule has 0 unspecified atom stereocenters. The number of aryl methyl sites for hydroxylation is 1. The van der Waals surface area contributed by atoms with E-state index in [0.29, 0.717) is 0 Å². The predicted octanol–water partition coefficient (Wildman–Crippen LogP) is 4.25. The van der Waals surface area contributed by atoms with Gasteiger partial charge in [0.2, 0.25) is 0 Å². The van der Waals surface area contributed by atoms with Crippen molar-refractivity contribution in [1.82, 2.24) is 0 Å². The number of oxime groups is 1. The first-order valence-electron chi connectivity index (χ1n) is 6.35. The van der Waals surface area contributed by atoms with Crippen LogP contribution in [0.3, 0.4) is 0 Å². The second-order valence-electron chi connectivity index (χ2n) is 4.79. The number of benzene rings is 2. The summed E-state index contributed by atoms with van der Waals surface area (Å²) < 4.78 is 0. The second-order valence-corrected chi connectivity index (χ2v) is 5.22. The molecule has 0 bridgehead atoms. The fourth-order valence-electron chi connectivity index (χ4n) is 2.76. The highest BCUT2D eigenvalue weighted by Crippen LogP contribution is 2.33. The minimum absolute atomic E-state index is 0.136. The van der Waals surface area contributed by atoms with Gasteiger partial charge in [0.15, 0.2) is 0 Å². The van der Waals surface area contributed by atoms with Crippen LogP contribution in [-0.4, -0.2) is 10.9 Å². The minimum Gasteiger partial charge on any atom is -0.411 e. The van der Waals surface area contributed by atoms with E-state index in [9.17, 15) is 5.21 Å². The third-order valence-electron chi connectivity index (χ3n) is 3.71. The Morgan fingerprint density at radius 1 is 1.05 bits per heavy atom. The predicted molar refractivity (Wildman–Crippen MR) is 77.3 cm³/mol. The summed E-state index contributed by atoms with van der Waals surface area (Å²) >= 11 is 5.92. The highest BCUT2D eigenvalue weighted by Gasteiger charge is 2.26. The van der Waals surface area contributed by atoms with Crippen molar-refractivity contribution < 1.29 is 5.21 Å². The molecule has 0 radical (unpaired) electrons. The van der Waals surface area contributed by atoms with Crippen LogP contribution in [0, 0.1) is 0 Å². The van der Waals surface area contributed by atoms with Gasteiger partial charge in [0, 0.05) is 16.5 Å². The first-order chi connectivity index (χ1) is 9.29. The number of hydrogen-bond acceptors (Lipinski definition) is 2. The molecular weight excluding hydrogens is 258 g/mol. The molecule has 0 amide bonds. The monoisotopic (exact) mass is 271 g/mol. The molecule has 0 saturated heterocycles. The van der Waals surface area contributed by atoms with Gasteiger partial charge in [0.1, 0.15) is 0 Å².